The van der Waals surface area contributed by atoms with Crippen LogP contribution in [0.4, 0.5) is 9.59 Å². The SMILES string of the molecule is COC(=O)Oc1ccc(CCC(=O)Oc2ccc3c(c2)C(C)c2cc(OC(=O)CCc4ccc(OC(=O)O)cc4)ccc2-3)cc1. The second kappa shape index (κ2) is 13.8. The van der Waals surface area contributed by atoms with Gasteiger partial charge >= 0.3 is 24.2 Å². The minimum atomic E-state index is -1.39. The normalized spacial score (nSPS) is 12.8. The molecule has 230 valence electrons. The Balaban J connectivity index is 1.14. The van der Waals surface area contributed by atoms with Gasteiger partial charge in [-0.15, -0.1) is 0 Å². The molecule has 0 radical (unpaired) electrons. The van der Waals surface area contributed by atoms with Crippen molar-refractivity contribution >= 4 is 24.2 Å². The third-order valence-corrected chi connectivity index (χ3v) is 7.39. The summed E-state index contributed by atoms with van der Waals surface area (Å²) in [7, 11) is 1.23. The van der Waals surface area contributed by atoms with Crippen molar-refractivity contribution in [3.05, 3.63) is 107 Å². The van der Waals surface area contributed by atoms with Crippen LogP contribution in [0.15, 0.2) is 84.9 Å². The molecule has 0 aromatic heterocycles. The van der Waals surface area contributed by atoms with Gasteiger partial charge in [0.25, 0.3) is 0 Å². The van der Waals surface area contributed by atoms with Gasteiger partial charge in [0.05, 0.1) is 7.11 Å². The number of ether oxygens (including phenoxy) is 5. The van der Waals surface area contributed by atoms with Crippen LogP contribution < -0.4 is 18.9 Å². The molecule has 0 bridgehead atoms. The van der Waals surface area contributed by atoms with Gasteiger partial charge in [-0.25, -0.2) is 9.59 Å². The lowest BCUT2D eigenvalue weighted by molar-refractivity contribution is -0.135. The molecule has 0 fully saturated rings. The van der Waals surface area contributed by atoms with Gasteiger partial charge < -0.3 is 28.8 Å². The number of rotatable bonds is 10. The van der Waals surface area contributed by atoms with E-state index in [0.29, 0.717) is 30.1 Å². The second-order valence-electron chi connectivity index (χ2n) is 10.4. The van der Waals surface area contributed by atoms with Crippen molar-refractivity contribution in [1.82, 2.24) is 0 Å². The van der Waals surface area contributed by atoms with Crippen molar-refractivity contribution in [3.8, 4) is 34.1 Å². The summed E-state index contributed by atoms with van der Waals surface area (Å²) in [6.45, 7) is 2.05. The second-order valence-corrected chi connectivity index (χ2v) is 10.4. The Morgan fingerprint density at radius 1 is 0.600 bits per heavy atom. The molecule has 4 aromatic carbocycles. The molecule has 0 saturated heterocycles. The highest BCUT2D eigenvalue weighted by Crippen LogP contribution is 2.47. The maximum atomic E-state index is 12.6. The van der Waals surface area contributed by atoms with Crippen molar-refractivity contribution in [3.63, 3.8) is 0 Å². The molecule has 0 amide bonds. The Morgan fingerprint density at radius 2 is 1.02 bits per heavy atom. The average Bonchev–Trinajstić information content (AvgIpc) is 3.30. The summed E-state index contributed by atoms with van der Waals surface area (Å²) in [6.07, 6.45) is -0.980. The molecule has 10 heteroatoms. The number of hydrogen-bond donors (Lipinski definition) is 1. The molecule has 1 aliphatic carbocycles. The molecule has 10 nitrogen and oxygen atoms in total. The largest absolute Gasteiger partial charge is 0.513 e. The molecular formula is C35H30O10. The highest BCUT2D eigenvalue weighted by atomic mass is 16.7. The van der Waals surface area contributed by atoms with E-state index < -0.39 is 12.3 Å². The first-order valence-electron chi connectivity index (χ1n) is 14.2. The van der Waals surface area contributed by atoms with Gasteiger partial charge in [0.15, 0.2) is 0 Å². The molecule has 0 spiro atoms. The lowest BCUT2D eigenvalue weighted by atomic mass is 9.99. The molecule has 1 unspecified atom stereocenters. The van der Waals surface area contributed by atoms with Crippen LogP contribution in [0.1, 0.15) is 47.9 Å². The quantitative estimate of drug-likeness (QED) is 0.113. The van der Waals surface area contributed by atoms with Gasteiger partial charge in [-0.05, 0) is 94.8 Å². The summed E-state index contributed by atoms with van der Waals surface area (Å²) in [5.74, 6) is 0.692. The van der Waals surface area contributed by atoms with E-state index in [2.05, 4.69) is 9.47 Å². The predicted molar refractivity (Wildman–Crippen MR) is 162 cm³/mol. The van der Waals surface area contributed by atoms with Crippen LogP contribution in [0.25, 0.3) is 11.1 Å². The summed E-state index contributed by atoms with van der Waals surface area (Å²) in [5.41, 5.74) is 5.81. The summed E-state index contributed by atoms with van der Waals surface area (Å²) in [4.78, 5) is 47.0. The third kappa shape index (κ3) is 7.85. The molecule has 0 heterocycles. The van der Waals surface area contributed by atoms with Crippen molar-refractivity contribution < 1.29 is 48.0 Å². The van der Waals surface area contributed by atoms with E-state index in [1.54, 1.807) is 48.5 Å². The zero-order valence-electron chi connectivity index (χ0n) is 24.6. The third-order valence-electron chi connectivity index (χ3n) is 7.39. The number of carbonyl (C=O) groups is 4. The van der Waals surface area contributed by atoms with Gasteiger partial charge in [-0.1, -0.05) is 43.3 Å². The van der Waals surface area contributed by atoms with Crippen LogP contribution in [0.5, 0.6) is 23.0 Å². The molecule has 1 atom stereocenters. The van der Waals surface area contributed by atoms with Crippen LogP contribution in [0.3, 0.4) is 0 Å². The number of hydrogen-bond acceptors (Lipinski definition) is 9. The van der Waals surface area contributed by atoms with Gasteiger partial charge in [0, 0.05) is 18.8 Å². The number of carbonyl (C=O) groups excluding carboxylic acids is 3. The maximum absolute atomic E-state index is 12.6. The van der Waals surface area contributed by atoms with Crippen molar-refractivity contribution in [2.24, 2.45) is 0 Å². The first-order valence-corrected chi connectivity index (χ1v) is 14.2. The van der Waals surface area contributed by atoms with Crippen LogP contribution >= 0.6 is 0 Å². The highest BCUT2D eigenvalue weighted by Gasteiger charge is 2.27. The molecule has 1 aliphatic rings. The minimum Gasteiger partial charge on any atom is -0.449 e. The first-order chi connectivity index (χ1) is 21.7. The molecule has 0 aliphatic heterocycles. The standard InChI is InChI=1S/C35H30O10/c1-21-30-19-26(42-32(36)17-7-22-3-9-24(10-4-22)44-34(38)39)13-15-28(30)29-16-14-27(20-31(21)29)43-33(37)18-8-23-5-11-25(12-6-23)45-35(40)41-2/h3-6,9-16,19-21H,7-8,17-18H2,1-2H3,(H,38,39). The van der Waals surface area contributed by atoms with E-state index in [9.17, 15) is 19.2 Å². The van der Waals surface area contributed by atoms with Gasteiger partial charge in [0.1, 0.15) is 23.0 Å². The van der Waals surface area contributed by atoms with Crippen LogP contribution in [0, 0.1) is 0 Å². The highest BCUT2D eigenvalue weighted by molar-refractivity contribution is 5.82. The summed E-state index contributed by atoms with van der Waals surface area (Å²) < 4.78 is 25.3. The van der Waals surface area contributed by atoms with Gasteiger partial charge in [-0.2, -0.15) is 0 Å². The smallest absolute Gasteiger partial charge is 0.449 e. The minimum absolute atomic E-state index is 0.00966. The predicted octanol–water partition coefficient (Wildman–Crippen LogP) is 7.10. The van der Waals surface area contributed by atoms with Crippen molar-refractivity contribution in [1.29, 1.82) is 0 Å². The lowest BCUT2D eigenvalue weighted by Gasteiger charge is -2.10. The number of benzene rings is 4. The van der Waals surface area contributed by atoms with Crippen molar-refractivity contribution in [2.45, 2.75) is 38.5 Å². The maximum Gasteiger partial charge on any atom is 0.513 e. The number of aryl methyl sites for hydroxylation is 2. The van der Waals surface area contributed by atoms with Crippen molar-refractivity contribution in [2.75, 3.05) is 7.11 Å². The zero-order chi connectivity index (χ0) is 31.9. The number of carboxylic acid groups (broad SMARTS) is 1. The Bertz CT molecular complexity index is 1720. The number of esters is 2. The van der Waals surface area contributed by atoms with E-state index in [1.807, 2.05) is 31.2 Å². The fourth-order valence-corrected chi connectivity index (χ4v) is 5.13. The summed E-state index contributed by atoms with van der Waals surface area (Å²) in [5, 5.41) is 8.69. The molecule has 0 saturated carbocycles. The fraction of sp³-hybridized carbons (Fsp3) is 0.200. The Labute approximate surface area is 259 Å². The van der Waals surface area contributed by atoms with Crippen LogP contribution in [-0.2, 0) is 27.2 Å². The monoisotopic (exact) mass is 610 g/mol. The van der Waals surface area contributed by atoms with E-state index in [1.165, 1.54) is 19.2 Å². The number of fused-ring (bicyclic) bond motifs is 3. The Kier molecular flexibility index (Phi) is 9.43. The summed E-state index contributed by atoms with van der Waals surface area (Å²) in [6, 6.07) is 24.4. The number of methoxy groups -OCH3 is 1. The summed E-state index contributed by atoms with van der Waals surface area (Å²) >= 11 is 0. The van der Waals surface area contributed by atoms with E-state index >= 15 is 0 Å². The van der Waals surface area contributed by atoms with Crippen LogP contribution in [-0.4, -0.2) is 36.5 Å². The molecule has 45 heavy (non-hydrogen) atoms. The Hall–Kier alpha value is -5.64. The van der Waals surface area contributed by atoms with E-state index in [0.717, 1.165) is 33.4 Å². The fourth-order valence-electron chi connectivity index (χ4n) is 5.13. The van der Waals surface area contributed by atoms with E-state index in [-0.39, 0.29) is 36.4 Å². The molecular weight excluding hydrogens is 580 g/mol. The van der Waals surface area contributed by atoms with Crippen LogP contribution in [0.2, 0.25) is 0 Å². The van der Waals surface area contributed by atoms with E-state index in [4.69, 9.17) is 19.3 Å². The average molecular weight is 611 g/mol. The lowest BCUT2D eigenvalue weighted by Crippen LogP contribution is -2.09. The van der Waals surface area contributed by atoms with Gasteiger partial charge in [-0.3, -0.25) is 9.59 Å². The molecule has 4 aromatic rings. The first kappa shape index (κ1) is 30.8. The molecule has 1 N–H and O–H groups in total. The van der Waals surface area contributed by atoms with Gasteiger partial charge in [0.2, 0.25) is 0 Å². The Morgan fingerprint density at radius 3 is 1.44 bits per heavy atom. The zero-order valence-corrected chi connectivity index (χ0v) is 24.6. The topological polar surface area (TPSA) is 135 Å². The molecule has 5 rings (SSSR count).